The summed E-state index contributed by atoms with van der Waals surface area (Å²) in [7, 11) is 0. The standard InChI is InChI=1S/C12H15F3N2OS/c1-7(2)10(16)11(18)17-8-5-3-4-6-9(8)19-12(13,14)15/h3-7,10H,16H2,1-2H3,(H,17,18). The summed E-state index contributed by atoms with van der Waals surface area (Å²) in [5, 5.41) is 2.43. The van der Waals surface area contributed by atoms with Gasteiger partial charge in [0.25, 0.3) is 0 Å². The molecular weight excluding hydrogens is 277 g/mol. The van der Waals surface area contributed by atoms with Crippen LogP contribution in [-0.2, 0) is 4.79 Å². The van der Waals surface area contributed by atoms with Gasteiger partial charge in [-0.1, -0.05) is 26.0 Å². The minimum Gasteiger partial charge on any atom is -0.324 e. The first-order valence-corrected chi connectivity index (χ1v) is 6.43. The summed E-state index contributed by atoms with van der Waals surface area (Å²) in [4.78, 5) is 11.7. The van der Waals surface area contributed by atoms with E-state index in [9.17, 15) is 18.0 Å². The van der Waals surface area contributed by atoms with Crippen LogP contribution in [0, 0.1) is 5.92 Å². The van der Waals surface area contributed by atoms with Crippen LogP contribution in [0.2, 0.25) is 0 Å². The van der Waals surface area contributed by atoms with Crippen molar-refractivity contribution in [2.75, 3.05) is 5.32 Å². The number of alkyl halides is 3. The number of carbonyl (C=O) groups is 1. The molecule has 19 heavy (non-hydrogen) atoms. The van der Waals surface area contributed by atoms with Crippen LogP contribution < -0.4 is 11.1 Å². The number of rotatable bonds is 4. The molecule has 0 bridgehead atoms. The Morgan fingerprint density at radius 1 is 1.32 bits per heavy atom. The van der Waals surface area contributed by atoms with Crippen LogP contribution in [0.25, 0.3) is 0 Å². The summed E-state index contributed by atoms with van der Waals surface area (Å²) in [6.07, 6.45) is 0. The Hall–Kier alpha value is -1.21. The van der Waals surface area contributed by atoms with E-state index in [1.807, 2.05) is 0 Å². The zero-order chi connectivity index (χ0) is 14.6. The van der Waals surface area contributed by atoms with E-state index in [-0.39, 0.29) is 28.3 Å². The van der Waals surface area contributed by atoms with Crippen molar-refractivity contribution in [3.8, 4) is 0 Å². The number of thioether (sulfide) groups is 1. The highest BCUT2D eigenvalue weighted by atomic mass is 32.2. The Kier molecular flexibility index (Phi) is 5.25. The lowest BCUT2D eigenvalue weighted by Crippen LogP contribution is -2.39. The zero-order valence-corrected chi connectivity index (χ0v) is 11.3. The lowest BCUT2D eigenvalue weighted by molar-refractivity contribution is -0.118. The van der Waals surface area contributed by atoms with E-state index in [1.54, 1.807) is 19.9 Å². The van der Waals surface area contributed by atoms with Crippen molar-refractivity contribution < 1.29 is 18.0 Å². The molecule has 0 saturated heterocycles. The minimum absolute atomic E-state index is 0.0562. The Morgan fingerprint density at radius 3 is 2.42 bits per heavy atom. The third-order valence-corrected chi connectivity index (χ3v) is 3.20. The van der Waals surface area contributed by atoms with E-state index in [2.05, 4.69) is 5.32 Å². The molecule has 0 aromatic heterocycles. The third kappa shape index (κ3) is 5.12. The smallest absolute Gasteiger partial charge is 0.324 e. The van der Waals surface area contributed by atoms with Gasteiger partial charge in [-0.25, -0.2) is 0 Å². The van der Waals surface area contributed by atoms with Crippen LogP contribution >= 0.6 is 11.8 Å². The molecule has 1 rings (SSSR count). The third-order valence-electron chi connectivity index (χ3n) is 2.39. The van der Waals surface area contributed by atoms with Gasteiger partial charge in [0.15, 0.2) is 0 Å². The normalized spacial score (nSPS) is 13.4. The average Bonchev–Trinajstić information content (AvgIpc) is 2.28. The van der Waals surface area contributed by atoms with Gasteiger partial charge in [-0.15, -0.1) is 0 Å². The summed E-state index contributed by atoms with van der Waals surface area (Å²) in [5.74, 6) is -0.590. The first-order chi connectivity index (χ1) is 8.70. The molecule has 0 radical (unpaired) electrons. The van der Waals surface area contributed by atoms with Crippen LogP contribution in [0.3, 0.4) is 0 Å². The van der Waals surface area contributed by atoms with Crippen LogP contribution in [-0.4, -0.2) is 17.5 Å². The number of carbonyl (C=O) groups excluding carboxylic acids is 1. The molecule has 0 heterocycles. The number of anilines is 1. The fourth-order valence-corrected chi connectivity index (χ4v) is 1.93. The van der Waals surface area contributed by atoms with Crippen molar-refractivity contribution in [3.05, 3.63) is 24.3 Å². The number of halogens is 3. The van der Waals surface area contributed by atoms with Gasteiger partial charge in [0.2, 0.25) is 5.91 Å². The second-order valence-corrected chi connectivity index (χ2v) is 5.41. The summed E-state index contributed by atoms with van der Waals surface area (Å²) in [6, 6.07) is 4.99. The summed E-state index contributed by atoms with van der Waals surface area (Å²) < 4.78 is 37.1. The number of nitrogens with two attached hydrogens (primary N) is 1. The molecule has 0 aliphatic rings. The largest absolute Gasteiger partial charge is 0.446 e. The van der Waals surface area contributed by atoms with Gasteiger partial charge >= 0.3 is 5.51 Å². The second kappa shape index (κ2) is 6.29. The van der Waals surface area contributed by atoms with Crippen molar-refractivity contribution >= 4 is 23.4 Å². The molecule has 0 saturated carbocycles. The summed E-state index contributed by atoms with van der Waals surface area (Å²) in [5.41, 5.74) is 1.36. The van der Waals surface area contributed by atoms with Gasteiger partial charge in [0.05, 0.1) is 11.7 Å². The Balaban J connectivity index is 2.87. The SMILES string of the molecule is CC(C)C(N)C(=O)Nc1ccccc1SC(F)(F)F. The highest BCUT2D eigenvalue weighted by Gasteiger charge is 2.30. The maximum atomic E-state index is 12.4. The number of hydrogen-bond donors (Lipinski definition) is 2. The molecule has 1 aromatic carbocycles. The van der Waals surface area contributed by atoms with E-state index in [1.165, 1.54) is 18.2 Å². The molecule has 7 heteroatoms. The number of amides is 1. The lowest BCUT2D eigenvalue weighted by Gasteiger charge is -2.17. The van der Waals surface area contributed by atoms with Gasteiger partial charge in [0, 0.05) is 4.90 Å². The maximum absolute atomic E-state index is 12.4. The van der Waals surface area contributed by atoms with Gasteiger partial charge in [-0.05, 0) is 29.8 Å². The van der Waals surface area contributed by atoms with Crippen molar-refractivity contribution in [1.29, 1.82) is 0 Å². The molecule has 0 spiro atoms. The fraction of sp³-hybridized carbons (Fsp3) is 0.417. The molecule has 0 fully saturated rings. The van der Waals surface area contributed by atoms with Gasteiger partial charge in [0.1, 0.15) is 0 Å². The predicted molar refractivity (Wildman–Crippen MR) is 69.8 cm³/mol. The fourth-order valence-electron chi connectivity index (χ4n) is 1.30. The first kappa shape index (κ1) is 15.8. The summed E-state index contributed by atoms with van der Waals surface area (Å²) in [6.45, 7) is 3.53. The van der Waals surface area contributed by atoms with E-state index in [4.69, 9.17) is 5.73 Å². The van der Waals surface area contributed by atoms with Crippen LogP contribution in [0.5, 0.6) is 0 Å². The molecule has 3 nitrogen and oxygen atoms in total. The number of hydrogen-bond acceptors (Lipinski definition) is 3. The Morgan fingerprint density at radius 2 is 1.89 bits per heavy atom. The molecule has 106 valence electrons. The monoisotopic (exact) mass is 292 g/mol. The van der Waals surface area contributed by atoms with E-state index in [0.717, 1.165) is 0 Å². The van der Waals surface area contributed by atoms with E-state index >= 15 is 0 Å². The molecule has 0 aliphatic heterocycles. The number of nitrogens with one attached hydrogen (secondary N) is 1. The van der Waals surface area contributed by atoms with Gasteiger partial charge in [-0.3, -0.25) is 4.79 Å². The molecule has 1 atom stereocenters. The minimum atomic E-state index is -4.40. The van der Waals surface area contributed by atoms with E-state index in [0.29, 0.717) is 0 Å². The molecule has 3 N–H and O–H groups in total. The maximum Gasteiger partial charge on any atom is 0.446 e. The highest BCUT2D eigenvalue weighted by molar-refractivity contribution is 8.00. The second-order valence-electron chi connectivity index (χ2n) is 4.30. The molecule has 1 aromatic rings. The number of benzene rings is 1. The van der Waals surface area contributed by atoms with Crippen LogP contribution in [0.4, 0.5) is 18.9 Å². The topological polar surface area (TPSA) is 55.1 Å². The lowest BCUT2D eigenvalue weighted by atomic mass is 10.1. The first-order valence-electron chi connectivity index (χ1n) is 5.62. The highest BCUT2D eigenvalue weighted by Crippen LogP contribution is 2.40. The molecular formula is C12H15F3N2OS. The Bertz CT molecular complexity index is 449. The van der Waals surface area contributed by atoms with Gasteiger partial charge < -0.3 is 11.1 Å². The molecule has 1 amide bonds. The van der Waals surface area contributed by atoms with Crippen molar-refractivity contribution in [2.45, 2.75) is 30.3 Å². The van der Waals surface area contributed by atoms with Crippen LogP contribution in [0.1, 0.15) is 13.8 Å². The Labute approximate surface area is 113 Å². The molecule has 0 aliphatic carbocycles. The van der Waals surface area contributed by atoms with Gasteiger partial charge in [-0.2, -0.15) is 13.2 Å². The predicted octanol–water partition coefficient (Wildman–Crippen LogP) is 3.22. The average molecular weight is 292 g/mol. The zero-order valence-electron chi connectivity index (χ0n) is 10.5. The van der Waals surface area contributed by atoms with Crippen LogP contribution in [0.15, 0.2) is 29.2 Å². The molecule has 1 unspecified atom stereocenters. The van der Waals surface area contributed by atoms with E-state index < -0.39 is 17.5 Å². The van der Waals surface area contributed by atoms with Crippen molar-refractivity contribution in [1.82, 2.24) is 0 Å². The summed E-state index contributed by atoms with van der Waals surface area (Å²) >= 11 is -0.266. The van der Waals surface area contributed by atoms with Crippen molar-refractivity contribution in [2.24, 2.45) is 11.7 Å². The van der Waals surface area contributed by atoms with Crippen molar-refractivity contribution in [3.63, 3.8) is 0 Å². The number of para-hydroxylation sites is 1. The quantitative estimate of drug-likeness (QED) is 0.838.